The van der Waals surface area contributed by atoms with Gasteiger partial charge in [-0.25, -0.2) is 0 Å². The normalized spacial score (nSPS) is 15.5. The minimum atomic E-state index is -0.524. The molecule has 0 aliphatic heterocycles. The number of rotatable bonds is 4. The molecule has 92 valence electrons. The van der Waals surface area contributed by atoms with E-state index in [4.69, 9.17) is 5.26 Å². The quantitative estimate of drug-likeness (QED) is 0.644. The van der Waals surface area contributed by atoms with Crippen molar-refractivity contribution in [3.63, 3.8) is 0 Å². The lowest BCUT2D eigenvalue weighted by atomic mass is 10.1. The number of carbonyl (C=O) groups is 1. The van der Waals surface area contributed by atoms with Crippen molar-refractivity contribution < 1.29 is 9.72 Å². The van der Waals surface area contributed by atoms with Gasteiger partial charge in [-0.1, -0.05) is 0 Å². The zero-order chi connectivity index (χ0) is 13.1. The molecule has 1 fully saturated rings. The van der Waals surface area contributed by atoms with Crippen LogP contribution in [-0.4, -0.2) is 16.9 Å². The highest BCUT2D eigenvalue weighted by Crippen LogP contribution is 2.32. The van der Waals surface area contributed by atoms with Gasteiger partial charge in [0.1, 0.15) is 6.04 Å². The van der Waals surface area contributed by atoms with Crippen LogP contribution in [0.1, 0.15) is 23.2 Å². The maximum Gasteiger partial charge on any atom is 0.269 e. The molecule has 2 rings (SSSR count). The summed E-state index contributed by atoms with van der Waals surface area (Å²) in [6.07, 6.45) is 1.91. The number of nitriles is 1. The van der Waals surface area contributed by atoms with Gasteiger partial charge in [0.2, 0.25) is 0 Å². The zero-order valence-corrected chi connectivity index (χ0v) is 9.50. The van der Waals surface area contributed by atoms with Crippen molar-refractivity contribution in [1.82, 2.24) is 5.32 Å². The van der Waals surface area contributed by atoms with Gasteiger partial charge in [0.25, 0.3) is 11.6 Å². The van der Waals surface area contributed by atoms with Gasteiger partial charge >= 0.3 is 0 Å². The van der Waals surface area contributed by atoms with Crippen LogP contribution in [0.4, 0.5) is 5.69 Å². The smallest absolute Gasteiger partial charge is 0.269 e. The first-order chi connectivity index (χ1) is 8.61. The van der Waals surface area contributed by atoms with Crippen LogP contribution in [0.5, 0.6) is 0 Å². The number of nitro benzene ring substituents is 1. The first kappa shape index (κ1) is 12.0. The van der Waals surface area contributed by atoms with E-state index in [1.807, 2.05) is 0 Å². The summed E-state index contributed by atoms with van der Waals surface area (Å²) in [6, 6.07) is 6.90. The first-order valence-electron chi connectivity index (χ1n) is 5.57. The predicted molar refractivity (Wildman–Crippen MR) is 62.7 cm³/mol. The molecule has 6 nitrogen and oxygen atoms in total. The Labute approximate surface area is 103 Å². The fraction of sp³-hybridized carbons (Fsp3) is 0.333. The Morgan fingerprint density at radius 3 is 2.50 bits per heavy atom. The molecule has 1 aliphatic carbocycles. The second kappa shape index (κ2) is 4.84. The van der Waals surface area contributed by atoms with E-state index in [0.717, 1.165) is 12.8 Å². The molecule has 1 aromatic rings. The monoisotopic (exact) mass is 245 g/mol. The lowest BCUT2D eigenvalue weighted by Gasteiger charge is -2.09. The van der Waals surface area contributed by atoms with Gasteiger partial charge in [-0.05, 0) is 30.9 Å². The molecule has 0 radical (unpaired) electrons. The molecule has 1 aliphatic rings. The fourth-order valence-electron chi connectivity index (χ4n) is 1.64. The second-order valence-electron chi connectivity index (χ2n) is 4.22. The van der Waals surface area contributed by atoms with Crippen LogP contribution in [0.2, 0.25) is 0 Å². The third kappa shape index (κ3) is 2.63. The molecule has 1 atom stereocenters. The van der Waals surface area contributed by atoms with Crippen LogP contribution in [-0.2, 0) is 0 Å². The summed E-state index contributed by atoms with van der Waals surface area (Å²) < 4.78 is 0. The average molecular weight is 245 g/mol. The number of hydrogen-bond acceptors (Lipinski definition) is 4. The molecule has 1 N–H and O–H groups in total. The Bertz CT molecular complexity index is 514. The van der Waals surface area contributed by atoms with Gasteiger partial charge in [-0.3, -0.25) is 14.9 Å². The number of benzene rings is 1. The van der Waals surface area contributed by atoms with Crippen LogP contribution in [0, 0.1) is 27.4 Å². The maximum absolute atomic E-state index is 11.8. The zero-order valence-electron chi connectivity index (χ0n) is 9.50. The lowest BCUT2D eigenvalue weighted by Crippen LogP contribution is -2.35. The minimum absolute atomic E-state index is 0.0643. The molecule has 1 amide bonds. The summed E-state index contributed by atoms with van der Waals surface area (Å²) in [7, 11) is 0. The van der Waals surface area contributed by atoms with E-state index >= 15 is 0 Å². The van der Waals surface area contributed by atoms with E-state index in [1.165, 1.54) is 24.3 Å². The van der Waals surface area contributed by atoms with Gasteiger partial charge in [-0.2, -0.15) is 5.26 Å². The average Bonchev–Trinajstić information content (AvgIpc) is 3.20. The Kier molecular flexibility index (Phi) is 3.24. The van der Waals surface area contributed by atoms with Gasteiger partial charge in [0.05, 0.1) is 11.0 Å². The van der Waals surface area contributed by atoms with Crippen molar-refractivity contribution in [1.29, 1.82) is 5.26 Å². The van der Waals surface area contributed by atoms with E-state index in [0.29, 0.717) is 5.56 Å². The van der Waals surface area contributed by atoms with Gasteiger partial charge in [0.15, 0.2) is 0 Å². The van der Waals surface area contributed by atoms with Crippen molar-refractivity contribution >= 4 is 11.6 Å². The van der Waals surface area contributed by atoms with Crippen LogP contribution < -0.4 is 5.32 Å². The van der Waals surface area contributed by atoms with Gasteiger partial charge < -0.3 is 5.32 Å². The summed E-state index contributed by atoms with van der Waals surface area (Å²) in [4.78, 5) is 21.7. The van der Waals surface area contributed by atoms with E-state index < -0.39 is 11.0 Å². The minimum Gasteiger partial charge on any atom is -0.336 e. The molecular weight excluding hydrogens is 234 g/mol. The van der Waals surface area contributed by atoms with E-state index in [1.54, 1.807) is 0 Å². The summed E-state index contributed by atoms with van der Waals surface area (Å²) in [5.74, 6) is -0.125. The van der Waals surface area contributed by atoms with Crippen LogP contribution in [0.25, 0.3) is 0 Å². The summed E-state index contributed by atoms with van der Waals surface area (Å²) >= 11 is 0. The van der Waals surface area contributed by atoms with E-state index in [9.17, 15) is 14.9 Å². The Morgan fingerprint density at radius 2 is 2.06 bits per heavy atom. The molecule has 1 aromatic carbocycles. The molecule has 0 saturated heterocycles. The van der Waals surface area contributed by atoms with E-state index in [-0.39, 0.29) is 17.5 Å². The standard InChI is InChI=1S/C12H11N3O3/c13-7-11(8-1-2-8)14-12(16)9-3-5-10(6-4-9)15(17)18/h3-6,8,11H,1-2H2,(H,14,16). The van der Waals surface area contributed by atoms with Crippen LogP contribution in [0.3, 0.4) is 0 Å². The number of nitrogens with one attached hydrogen (secondary N) is 1. The van der Waals surface area contributed by atoms with Crippen molar-refractivity contribution in [3.05, 3.63) is 39.9 Å². The number of carbonyl (C=O) groups excluding carboxylic acids is 1. The first-order valence-corrected chi connectivity index (χ1v) is 5.57. The molecule has 0 spiro atoms. The predicted octanol–water partition coefficient (Wildman–Crippen LogP) is 1.63. The van der Waals surface area contributed by atoms with Crippen molar-refractivity contribution in [2.45, 2.75) is 18.9 Å². The number of amides is 1. The third-order valence-electron chi connectivity index (χ3n) is 2.86. The number of hydrogen-bond donors (Lipinski definition) is 1. The lowest BCUT2D eigenvalue weighted by molar-refractivity contribution is -0.384. The molecule has 18 heavy (non-hydrogen) atoms. The topological polar surface area (TPSA) is 96.0 Å². The second-order valence-corrected chi connectivity index (χ2v) is 4.22. The van der Waals surface area contributed by atoms with Crippen molar-refractivity contribution in [3.8, 4) is 6.07 Å². The van der Waals surface area contributed by atoms with E-state index in [2.05, 4.69) is 11.4 Å². The summed E-state index contributed by atoms with van der Waals surface area (Å²) in [5.41, 5.74) is 0.257. The number of nitro groups is 1. The largest absolute Gasteiger partial charge is 0.336 e. The van der Waals surface area contributed by atoms with Crippen LogP contribution >= 0.6 is 0 Å². The highest BCUT2D eigenvalue weighted by Gasteiger charge is 2.32. The fourth-order valence-corrected chi connectivity index (χ4v) is 1.64. The number of non-ortho nitro benzene ring substituents is 1. The maximum atomic E-state index is 11.8. The Morgan fingerprint density at radius 1 is 1.44 bits per heavy atom. The van der Waals surface area contributed by atoms with Gasteiger partial charge in [0, 0.05) is 17.7 Å². The van der Waals surface area contributed by atoms with Crippen molar-refractivity contribution in [2.75, 3.05) is 0 Å². The third-order valence-corrected chi connectivity index (χ3v) is 2.86. The summed E-state index contributed by atoms with van der Waals surface area (Å²) in [5, 5.41) is 22.0. The summed E-state index contributed by atoms with van der Waals surface area (Å²) in [6.45, 7) is 0. The van der Waals surface area contributed by atoms with Crippen molar-refractivity contribution in [2.24, 2.45) is 5.92 Å². The Balaban J connectivity index is 2.04. The number of nitrogens with zero attached hydrogens (tertiary/aromatic N) is 2. The molecule has 0 aromatic heterocycles. The molecule has 0 heterocycles. The van der Waals surface area contributed by atoms with Gasteiger partial charge in [-0.15, -0.1) is 0 Å². The molecular formula is C12H11N3O3. The Hall–Kier alpha value is -2.42. The van der Waals surface area contributed by atoms with Crippen LogP contribution in [0.15, 0.2) is 24.3 Å². The SMILES string of the molecule is N#CC(NC(=O)c1ccc([N+](=O)[O-])cc1)C1CC1. The highest BCUT2D eigenvalue weighted by molar-refractivity contribution is 5.94. The molecule has 0 bridgehead atoms. The highest BCUT2D eigenvalue weighted by atomic mass is 16.6. The molecule has 6 heteroatoms. The molecule has 1 saturated carbocycles. The molecule has 1 unspecified atom stereocenters.